The summed E-state index contributed by atoms with van der Waals surface area (Å²) in [6.45, 7) is 0. The molecule has 3 aromatic heterocycles. The highest BCUT2D eigenvalue weighted by molar-refractivity contribution is 7.60. The molecular formula is C9H9N6O3P. The smallest absolute Gasteiger partial charge is 0.320 e. The number of aromatic amines is 1. The van der Waals surface area contributed by atoms with Gasteiger partial charge >= 0.3 is 7.60 Å². The lowest BCUT2D eigenvalue weighted by molar-refractivity contribution is 0.386. The summed E-state index contributed by atoms with van der Waals surface area (Å²) >= 11 is 0. The largest absolute Gasteiger partial charge is 0.374 e. The third-order valence-corrected chi connectivity index (χ3v) is 3.53. The van der Waals surface area contributed by atoms with Gasteiger partial charge in [-0.3, -0.25) is 8.97 Å². The molecule has 98 valence electrons. The first-order valence-corrected chi connectivity index (χ1v) is 6.91. The molecule has 10 heteroatoms. The van der Waals surface area contributed by atoms with Gasteiger partial charge in [0.05, 0.1) is 12.6 Å². The average molecular weight is 280 g/mol. The fourth-order valence-electron chi connectivity index (χ4n) is 1.85. The standard InChI is InChI=1S/C9H9N6O3P/c16-19(17,18)9-5-10-8-3-1-2-6(15(8)9)4-7-11-13-14-12-7/h1-3,5H,4H2,(H2,16,17,18)(H,11,12,13,14). The lowest BCUT2D eigenvalue weighted by Crippen LogP contribution is -2.14. The Morgan fingerprint density at radius 3 is 2.89 bits per heavy atom. The molecule has 0 bridgehead atoms. The minimum Gasteiger partial charge on any atom is -0.320 e. The van der Waals surface area contributed by atoms with Crippen LogP contribution in [0.25, 0.3) is 5.65 Å². The Morgan fingerprint density at radius 2 is 2.21 bits per heavy atom. The quantitative estimate of drug-likeness (QED) is 0.538. The Balaban J connectivity index is 2.19. The van der Waals surface area contributed by atoms with Crippen LogP contribution in [-0.2, 0) is 11.0 Å². The van der Waals surface area contributed by atoms with Crippen LogP contribution in [0, 0.1) is 0 Å². The number of fused-ring (bicyclic) bond motifs is 1. The minimum absolute atomic E-state index is 0.151. The van der Waals surface area contributed by atoms with Crippen LogP contribution >= 0.6 is 7.60 Å². The molecule has 0 saturated heterocycles. The number of imidazole rings is 1. The molecule has 3 heterocycles. The number of tetrazole rings is 1. The predicted molar refractivity (Wildman–Crippen MR) is 63.9 cm³/mol. The van der Waals surface area contributed by atoms with E-state index < -0.39 is 7.60 Å². The monoisotopic (exact) mass is 280 g/mol. The summed E-state index contributed by atoms with van der Waals surface area (Å²) in [5.74, 6) is 0.429. The molecule has 0 aliphatic heterocycles. The van der Waals surface area contributed by atoms with Gasteiger partial charge in [-0.05, 0) is 12.1 Å². The van der Waals surface area contributed by atoms with Gasteiger partial charge in [-0.15, -0.1) is 10.2 Å². The highest BCUT2D eigenvalue weighted by Crippen LogP contribution is 2.33. The normalized spacial score (nSPS) is 12.1. The maximum atomic E-state index is 11.4. The van der Waals surface area contributed by atoms with E-state index in [9.17, 15) is 14.4 Å². The molecule has 3 N–H and O–H groups in total. The summed E-state index contributed by atoms with van der Waals surface area (Å²) in [5.41, 5.74) is 0.927. The van der Waals surface area contributed by atoms with Crippen molar-refractivity contribution >= 4 is 18.7 Å². The summed E-state index contributed by atoms with van der Waals surface area (Å²) in [7, 11) is -4.40. The lowest BCUT2D eigenvalue weighted by atomic mass is 10.2. The van der Waals surface area contributed by atoms with Gasteiger partial charge in [0.25, 0.3) is 0 Å². The minimum atomic E-state index is -4.40. The molecule has 0 amide bonds. The van der Waals surface area contributed by atoms with E-state index in [1.165, 1.54) is 10.6 Å². The molecule has 19 heavy (non-hydrogen) atoms. The van der Waals surface area contributed by atoms with Gasteiger partial charge in [0.15, 0.2) is 11.3 Å². The van der Waals surface area contributed by atoms with Crippen molar-refractivity contribution in [2.45, 2.75) is 6.42 Å². The molecule has 0 aliphatic carbocycles. The van der Waals surface area contributed by atoms with Crippen molar-refractivity contribution < 1.29 is 14.4 Å². The highest BCUT2D eigenvalue weighted by atomic mass is 31.2. The van der Waals surface area contributed by atoms with E-state index in [1.54, 1.807) is 18.2 Å². The van der Waals surface area contributed by atoms with E-state index >= 15 is 0 Å². The van der Waals surface area contributed by atoms with Crippen molar-refractivity contribution in [2.75, 3.05) is 0 Å². The summed E-state index contributed by atoms with van der Waals surface area (Å²) in [6, 6.07) is 5.14. The second-order valence-corrected chi connectivity index (χ2v) is 5.42. The Hall–Kier alpha value is -2.09. The average Bonchev–Trinajstić information content (AvgIpc) is 2.96. The zero-order valence-corrected chi connectivity index (χ0v) is 10.4. The number of nitrogens with zero attached hydrogens (tertiary/aromatic N) is 5. The van der Waals surface area contributed by atoms with Gasteiger partial charge in [0, 0.05) is 5.69 Å². The summed E-state index contributed by atoms with van der Waals surface area (Å²) in [4.78, 5) is 22.6. The third-order valence-electron chi connectivity index (χ3n) is 2.62. The number of rotatable bonds is 3. The van der Waals surface area contributed by atoms with Crippen LogP contribution in [-0.4, -0.2) is 39.8 Å². The van der Waals surface area contributed by atoms with E-state index in [-0.39, 0.29) is 11.9 Å². The zero-order valence-electron chi connectivity index (χ0n) is 9.50. The molecule has 3 aromatic rings. The van der Waals surface area contributed by atoms with Gasteiger partial charge in [-0.25, -0.2) is 4.98 Å². The van der Waals surface area contributed by atoms with Crippen LogP contribution in [0.1, 0.15) is 11.5 Å². The molecule has 3 rings (SSSR count). The maximum Gasteiger partial charge on any atom is 0.374 e. The molecule has 0 radical (unpaired) electrons. The molecule has 0 unspecified atom stereocenters. The van der Waals surface area contributed by atoms with Gasteiger partial charge in [-0.1, -0.05) is 11.3 Å². The molecule has 0 atom stereocenters. The van der Waals surface area contributed by atoms with E-state index in [1.807, 2.05) is 0 Å². The molecule has 9 nitrogen and oxygen atoms in total. The SMILES string of the molecule is O=P(O)(O)c1cnc2cccc(Cc3nn[nH]n3)n12. The fraction of sp³-hybridized carbons (Fsp3) is 0.111. The first-order chi connectivity index (χ1) is 9.05. The van der Waals surface area contributed by atoms with Crippen molar-refractivity contribution in [1.29, 1.82) is 0 Å². The van der Waals surface area contributed by atoms with Crippen LogP contribution in [0.15, 0.2) is 24.4 Å². The van der Waals surface area contributed by atoms with Gasteiger partial charge in [0.1, 0.15) is 5.65 Å². The van der Waals surface area contributed by atoms with Crippen molar-refractivity contribution in [2.24, 2.45) is 0 Å². The van der Waals surface area contributed by atoms with E-state index in [0.717, 1.165) is 0 Å². The van der Waals surface area contributed by atoms with Crippen molar-refractivity contribution in [3.8, 4) is 0 Å². The first kappa shape index (κ1) is 12.0. The highest BCUT2D eigenvalue weighted by Gasteiger charge is 2.23. The van der Waals surface area contributed by atoms with Crippen LogP contribution < -0.4 is 5.44 Å². The number of hydrogen-bond donors (Lipinski definition) is 3. The molecular weight excluding hydrogens is 271 g/mol. The Bertz CT molecular complexity index is 761. The Kier molecular flexibility index (Phi) is 2.67. The fourth-order valence-corrected chi connectivity index (χ4v) is 2.55. The van der Waals surface area contributed by atoms with E-state index in [2.05, 4.69) is 25.6 Å². The number of nitrogens with one attached hydrogen (secondary N) is 1. The second-order valence-electron chi connectivity index (χ2n) is 3.88. The van der Waals surface area contributed by atoms with Gasteiger partial charge in [0.2, 0.25) is 0 Å². The Morgan fingerprint density at radius 1 is 1.37 bits per heavy atom. The van der Waals surface area contributed by atoms with E-state index in [4.69, 9.17) is 0 Å². The number of aromatic nitrogens is 6. The van der Waals surface area contributed by atoms with Crippen LogP contribution in [0.5, 0.6) is 0 Å². The van der Waals surface area contributed by atoms with Gasteiger partial charge in [-0.2, -0.15) is 5.21 Å². The summed E-state index contributed by atoms with van der Waals surface area (Å²) in [5, 5.41) is 13.4. The summed E-state index contributed by atoms with van der Waals surface area (Å²) in [6.07, 6.45) is 1.47. The molecule has 0 saturated carbocycles. The zero-order chi connectivity index (χ0) is 13.5. The van der Waals surface area contributed by atoms with Crippen LogP contribution in [0.4, 0.5) is 0 Å². The second kappa shape index (κ2) is 4.23. The third kappa shape index (κ3) is 2.14. The van der Waals surface area contributed by atoms with Gasteiger partial charge < -0.3 is 9.79 Å². The van der Waals surface area contributed by atoms with Crippen molar-refractivity contribution in [3.63, 3.8) is 0 Å². The lowest BCUT2D eigenvalue weighted by Gasteiger charge is -2.08. The number of pyridine rings is 1. The van der Waals surface area contributed by atoms with Crippen molar-refractivity contribution in [1.82, 2.24) is 30.0 Å². The maximum absolute atomic E-state index is 11.4. The Labute approximate surface area is 106 Å². The first-order valence-electron chi connectivity index (χ1n) is 5.29. The molecule has 0 aromatic carbocycles. The van der Waals surface area contributed by atoms with Crippen LogP contribution in [0.2, 0.25) is 0 Å². The predicted octanol–water partition coefficient (Wildman–Crippen LogP) is -0.759. The van der Waals surface area contributed by atoms with Crippen molar-refractivity contribution in [3.05, 3.63) is 35.9 Å². The number of hydrogen-bond acceptors (Lipinski definition) is 5. The van der Waals surface area contributed by atoms with Crippen LogP contribution in [0.3, 0.4) is 0 Å². The number of H-pyrrole nitrogens is 1. The molecule has 0 spiro atoms. The van der Waals surface area contributed by atoms with E-state index in [0.29, 0.717) is 17.2 Å². The molecule has 0 aliphatic rings. The topological polar surface area (TPSA) is 129 Å². The molecule has 0 fully saturated rings. The summed E-state index contributed by atoms with van der Waals surface area (Å²) < 4.78 is 12.9.